The Hall–Kier alpha value is -2.51. The summed E-state index contributed by atoms with van der Waals surface area (Å²) < 4.78 is 5.76. The Morgan fingerprint density at radius 3 is 3.12 bits per heavy atom. The lowest BCUT2D eigenvalue weighted by Gasteiger charge is -2.36. The molecular formula is C19H20N4O2S. The highest BCUT2D eigenvalue weighted by Crippen LogP contribution is 2.27. The van der Waals surface area contributed by atoms with E-state index in [1.165, 1.54) is 0 Å². The molecule has 1 atom stereocenters. The van der Waals surface area contributed by atoms with Gasteiger partial charge < -0.3 is 14.6 Å². The van der Waals surface area contributed by atoms with Crippen molar-refractivity contribution in [3.8, 4) is 10.8 Å². The lowest BCUT2D eigenvalue weighted by atomic mass is 10.0. The fourth-order valence-electron chi connectivity index (χ4n) is 3.22. The molecule has 3 aromatic heterocycles. The molecule has 0 radical (unpaired) electrons. The number of thiophene rings is 1. The molecule has 7 heteroatoms. The summed E-state index contributed by atoms with van der Waals surface area (Å²) in [6.07, 6.45) is 3.82. The minimum Gasteiger partial charge on any atom is -0.440 e. The smallest absolute Gasteiger partial charge is 0.236 e. The Kier molecular flexibility index (Phi) is 4.81. The van der Waals surface area contributed by atoms with Crippen LogP contribution in [0.25, 0.3) is 10.8 Å². The quantitative estimate of drug-likeness (QED) is 0.767. The number of carbonyl (C=O) groups excluding carboxylic acids is 1. The lowest BCUT2D eigenvalue weighted by molar-refractivity contribution is -0.133. The molecule has 1 fully saturated rings. The molecule has 1 aliphatic rings. The van der Waals surface area contributed by atoms with Crippen molar-refractivity contribution in [2.45, 2.75) is 19.4 Å². The topological polar surface area (TPSA) is 71.3 Å². The number of rotatable bonds is 4. The fraction of sp³-hybridized carbons (Fsp3) is 0.316. The van der Waals surface area contributed by atoms with E-state index in [1.54, 1.807) is 17.5 Å². The summed E-state index contributed by atoms with van der Waals surface area (Å²) in [4.78, 5) is 24.6. The number of amides is 1. The van der Waals surface area contributed by atoms with Gasteiger partial charge in [0, 0.05) is 32.0 Å². The standard InChI is InChI=1S/C19H20N4O2S/c1-13-15(22-19(25-13)17-5-3-9-26-17)10-18(24)23-8-7-21-12-16(23)14-4-2-6-20-11-14/h2-6,9,11,16,21H,7-8,10,12H2,1H3. The first-order valence-corrected chi connectivity index (χ1v) is 9.50. The number of hydrogen-bond acceptors (Lipinski definition) is 6. The number of pyridine rings is 1. The van der Waals surface area contributed by atoms with Gasteiger partial charge in [0.2, 0.25) is 11.8 Å². The Morgan fingerprint density at radius 1 is 1.42 bits per heavy atom. The van der Waals surface area contributed by atoms with Crippen molar-refractivity contribution in [2.75, 3.05) is 19.6 Å². The van der Waals surface area contributed by atoms with Gasteiger partial charge in [0.05, 0.1) is 23.0 Å². The summed E-state index contributed by atoms with van der Waals surface area (Å²) in [5.74, 6) is 1.36. The van der Waals surface area contributed by atoms with E-state index in [4.69, 9.17) is 4.42 Å². The summed E-state index contributed by atoms with van der Waals surface area (Å²) in [6.45, 7) is 4.06. The van der Waals surface area contributed by atoms with E-state index < -0.39 is 0 Å². The van der Waals surface area contributed by atoms with E-state index >= 15 is 0 Å². The molecule has 0 aromatic carbocycles. The number of hydrogen-bond donors (Lipinski definition) is 1. The van der Waals surface area contributed by atoms with Crippen molar-refractivity contribution in [2.24, 2.45) is 0 Å². The third kappa shape index (κ3) is 3.40. The van der Waals surface area contributed by atoms with Gasteiger partial charge in [0.15, 0.2) is 0 Å². The highest BCUT2D eigenvalue weighted by atomic mass is 32.1. The fourth-order valence-corrected chi connectivity index (χ4v) is 3.87. The van der Waals surface area contributed by atoms with Crippen LogP contribution in [0.4, 0.5) is 0 Å². The molecule has 0 saturated carbocycles. The number of nitrogens with one attached hydrogen (secondary N) is 1. The molecule has 4 rings (SSSR count). The molecular weight excluding hydrogens is 348 g/mol. The summed E-state index contributed by atoms with van der Waals surface area (Å²) in [5, 5.41) is 5.35. The van der Waals surface area contributed by atoms with Crippen LogP contribution in [-0.2, 0) is 11.2 Å². The number of nitrogens with zero attached hydrogens (tertiary/aromatic N) is 3. The van der Waals surface area contributed by atoms with Crippen LogP contribution in [0.15, 0.2) is 46.5 Å². The Bertz CT molecular complexity index is 876. The first-order chi connectivity index (χ1) is 12.7. The number of aryl methyl sites for hydroxylation is 1. The van der Waals surface area contributed by atoms with E-state index in [9.17, 15) is 4.79 Å². The molecule has 0 bridgehead atoms. The molecule has 6 nitrogen and oxygen atoms in total. The summed E-state index contributed by atoms with van der Waals surface area (Å²) in [5.41, 5.74) is 1.76. The second kappa shape index (κ2) is 7.39. The predicted octanol–water partition coefficient (Wildman–Crippen LogP) is 2.82. The van der Waals surface area contributed by atoms with Gasteiger partial charge >= 0.3 is 0 Å². The van der Waals surface area contributed by atoms with Crippen LogP contribution in [0.2, 0.25) is 0 Å². The van der Waals surface area contributed by atoms with Gasteiger partial charge in [-0.1, -0.05) is 12.1 Å². The largest absolute Gasteiger partial charge is 0.440 e. The predicted molar refractivity (Wildman–Crippen MR) is 99.8 cm³/mol. The molecule has 1 aliphatic heterocycles. The van der Waals surface area contributed by atoms with Crippen molar-refractivity contribution < 1.29 is 9.21 Å². The molecule has 0 spiro atoms. The number of oxazole rings is 1. The van der Waals surface area contributed by atoms with Crippen LogP contribution in [0, 0.1) is 6.92 Å². The van der Waals surface area contributed by atoms with E-state index in [-0.39, 0.29) is 18.4 Å². The zero-order chi connectivity index (χ0) is 17.9. The summed E-state index contributed by atoms with van der Waals surface area (Å²) in [6, 6.07) is 7.84. The maximum Gasteiger partial charge on any atom is 0.236 e. The van der Waals surface area contributed by atoms with Gasteiger partial charge in [-0.15, -0.1) is 11.3 Å². The first kappa shape index (κ1) is 16.9. The first-order valence-electron chi connectivity index (χ1n) is 8.62. The van der Waals surface area contributed by atoms with Crippen molar-refractivity contribution in [1.29, 1.82) is 0 Å². The molecule has 0 aliphatic carbocycles. The number of carbonyl (C=O) groups is 1. The minimum atomic E-state index is -0.00563. The molecule has 134 valence electrons. The number of aromatic nitrogens is 2. The van der Waals surface area contributed by atoms with Crippen LogP contribution in [-0.4, -0.2) is 40.4 Å². The van der Waals surface area contributed by atoms with Crippen LogP contribution in [0.3, 0.4) is 0 Å². The second-order valence-electron chi connectivity index (χ2n) is 6.27. The van der Waals surface area contributed by atoms with E-state index in [0.29, 0.717) is 23.9 Å². The van der Waals surface area contributed by atoms with Crippen molar-refractivity contribution in [3.63, 3.8) is 0 Å². The van der Waals surface area contributed by atoms with Gasteiger partial charge in [-0.2, -0.15) is 0 Å². The highest BCUT2D eigenvalue weighted by Gasteiger charge is 2.29. The van der Waals surface area contributed by atoms with Gasteiger partial charge in [0.25, 0.3) is 0 Å². The van der Waals surface area contributed by atoms with Crippen molar-refractivity contribution in [3.05, 3.63) is 59.1 Å². The SMILES string of the molecule is Cc1oc(-c2cccs2)nc1CC(=O)N1CCNCC1c1cccnc1. The second-order valence-corrected chi connectivity index (χ2v) is 7.22. The van der Waals surface area contributed by atoms with Crippen molar-refractivity contribution >= 4 is 17.2 Å². The normalized spacial score (nSPS) is 17.4. The summed E-state index contributed by atoms with van der Waals surface area (Å²) >= 11 is 1.58. The Balaban J connectivity index is 1.53. The Morgan fingerprint density at radius 2 is 2.35 bits per heavy atom. The van der Waals surface area contributed by atoms with Crippen LogP contribution < -0.4 is 5.32 Å². The van der Waals surface area contributed by atoms with Crippen molar-refractivity contribution in [1.82, 2.24) is 20.2 Å². The molecule has 3 aromatic rings. The summed E-state index contributed by atoms with van der Waals surface area (Å²) in [7, 11) is 0. The van der Waals surface area contributed by atoms with Gasteiger partial charge in [0.1, 0.15) is 5.76 Å². The van der Waals surface area contributed by atoms with Crippen LogP contribution in [0.1, 0.15) is 23.1 Å². The average molecular weight is 368 g/mol. The number of piperazine rings is 1. The van der Waals surface area contributed by atoms with Gasteiger partial charge in [-0.3, -0.25) is 9.78 Å². The van der Waals surface area contributed by atoms with Crippen LogP contribution in [0.5, 0.6) is 0 Å². The van der Waals surface area contributed by atoms with Gasteiger partial charge in [-0.05, 0) is 30.0 Å². The lowest BCUT2D eigenvalue weighted by Crippen LogP contribution is -2.49. The molecule has 1 saturated heterocycles. The van der Waals surface area contributed by atoms with E-state index in [0.717, 1.165) is 23.5 Å². The minimum absolute atomic E-state index is 0.00563. The van der Waals surface area contributed by atoms with E-state index in [2.05, 4.69) is 15.3 Å². The third-order valence-corrected chi connectivity index (χ3v) is 5.43. The molecule has 1 amide bonds. The van der Waals surface area contributed by atoms with Gasteiger partial charge in [-0.25, -0.2) is 4.98 Å². The monoisotopic (exact) mass is 368 g/mol. The highest BCUT2D eigenvalue weighted by molar-refractivity contribution is 7.13. The van der Waals surface area contributed by atoms with E-state index in [1.807, 2.05) is 47.7 Å². The van der Waals surface area contributed by atoms with Crippen LogP contribution >= 0.6 is 11.3 Å². The maximum atomic E-state index is 13.0. The Labute approximate surface area is 155 Å². The zero-order valence-electron chi connectivity index (χ0n) is 14.5. The third-order valence-electron chi connectivity index (χ3n) is 4.58. The molecule has 1 N–H and O–H groups in total. The molecule has 26 heavy (non-hydrogen) atoms. The molecule has 1 unspecified atom stereocenters. The maximum absolute atomic E-state index is 13.0. The average Bonchev–Trinajstić information content (AvgIpc) is 3.33. The zero-order valence-corrected chi connectivity index (χ0v) is 15.3. The molecule has 4 heterocycles.